The molecule has 2 rings (SSSR count). The van der Waals surface area contributed by atoms with Crippen molar-refractivity contribution in [1.29, 1.82) is 0 Å². The van der Waals surface area contributed by atoms with Gasteiger partial charge in [-0.3, -0.25) is 4.79 Å². The summed E-state index contributed by atoms with van der Waals surface area (Å²) < 4.78 is 5.75. The number of ether oxygens (including phenoxy) is 1. The Hall–Kier alpha value is -0.610. The lowest BCUT2D eigenvalue weighted by atomic mass is 10.1. The molecule has 1 unspecified atom stereocenters. The lowest BCUT2D eigenvalue weighted by molar-refractivity contribution is -0.136. The summed E-state index contributed by atoms with van der Waals surface area (Å²) in [4.78, 5) is 14.2. The van der Waals surface area contributed by atoms with E-state index in [1.807, 2.05) is 4.90 Å². The van der Waals surface area contributed by atoms with Crippen molar-refractivity contribution >= 4 is 5.91 Å². The number of likely N-dealkylation sites (tertiary alicyclic amines) is 1. The number of nitrogens with two attached hydrogens (primary N) is 1. The van der Waals surface area contributed by atoms with E-state index in [1.54, 1.807) is 0 Å². The maximum absolute atomic E-state index is 12.2. The Balaban J connectivity index is 1.69. The van der Waals surface area contributed by atoms with E-state index in [4.69, 9.17) is 10.5 Å². The first kappa shape index (κ1) is 13.8. The number of carbonyl (C=O) groups excluding carboxylic acids is 1. The van der Waals surface area contributed by atoms with Crippen LogP contribution in [0.3, 0.4) is 0 Å². The second-order valence-corrected chi connectivity index (χ2v) is 6.28. The van der Waals surface area contributed by atoms with Crippen LogP contribution in [0.15, 0.2) is 0 Å². The average molecular weight is 254 g/mol. The van der Waals surface area contributed by atoms with Crippen LogP contribution in [0.5, 0.6) is 0 Å². The fourth-order valence-corrected chi connectivity index (χ4v) is 2.69. The molecule has 104 valence electrons. The van der Waals surface area contributed by atoms with Crippen LogP contribution in [0.2, 0.25) is 0 Å². The number of hydrogen-bond donors (Lipinski definition) is 1. The van der Waals surface area contributed by atoms with Crippen LogP contribution in [0.4, 0.5) is 0 Å². The summed E-state index contributed by atoms with van der Waals surface area (Å²) in [6.07, 6.45) is 4.26. The lowest BCUT2D eigenvalue weighted by Crippen LogP contribution is -2.42. The van der Waals surface area contributed by atoms with Gasteiger partial charge in [0, 0.05) is 25.6 Å². The molecule has 2 aliphatic rings. The van der Waals surface area contributed by atoms with Crippen molar-refractivity contribution in [3.63, 3.8) is 0 Å². The van der Waals surface area contributed by atoms with E-state index in [0.29, 0.717) is 18.6 Å². The first-order valence-corrected chi connectivity index (χ1v) is 7.15. The number of piperidine rings is 1. The Labute approximate surface area is 110 Å². The van der Waals surface area contributed by atoms with Crippen molar-refractivity contribution in [2.24, 2.45) is 17.1 Å². The van der Waals surface area contributed by atoms with Crippen LogP contribution >= 0.6 is 0 Å². The van der Waals surface area contributed by atoms with Gasteiger partial charge in [0.05, 0.1) is 6.10 Å². The molecule has 1 aliphatic carbocycles. The third-order valence-electron chi connectivity index (χ3n) is 4.27. The summed E-state index contributed by atoms with van der Waals surface area (Å²) in [5.41, 5.74) is 5.68. The number of carbonyl (C=O) groups is 1. The summed E-state index contributed by atoms with van der Waals surface area (Å²) in [7, 11) is 0. The predicted molar refractivity (Wildman–Crippen MR) is 71.1 cm³/mol. The maximum atomic E-state index is 12.2. The molecule has 1 heterocycles. The molecule has 1 atom stereocenters. The van der Waals surface area contributed by atoms with E-state index in [1.165, 1.54) is 0 Å². The zero-order valence-electron chi connectivity index (χ0n) is 11.7. The van der Waals surface area contributed by atoms with Gasteiger partial charge in [0.2, 0.25) is 5.91 Å². The highest BCUT2D eigenvalue weighted by molar-refractivity contribution is 5.82. The number of hydrogen-bond acceptors (Lipinski definition) is 3. The Kier molecular flexibility index (Phi) is 4.28. The highest BCUT2D eigenvalue weighted by Gasteiger charge is 2.52. The second-order valence-electron chi connectivity index (χ2n) is 6.28. The van der Waals surface area contributed by atoms with Crippen molar-refractivity contribution in [2.75, 3.05) is 26.2 Å². The highest BCUT2D eigenvalue weighted by Crippen LogP contribution is 2.52. The quantitative estimate of drug-likeness (QED) is 0.754. The zero-order valence-corrected chi connectivity index (χ0v) is 11.7. The van der Waals surface area contributed by atoms with Gasteiger partial charge in [-0.1, -0.05) is 13.8 Å². The van der Waals surface area contributed by atoms with Gasteiger partial charge in [0.15, 0.2) is 0 Å². The van der Waals surface area contributed by atoms with E-state index in [-0.39, 0.29) is 11.3 Å². The molecule has 0 aromatic carbocycles. The summed E-state index contributed by atoms with van der Waals surface area (Å²) in [5.74, 6) is 0.632. The van der Waals surface area contributed by atoms with Gasteiger partial charge in [-0.05, 0) is 37.6 Å². The predicted octanol–water partition coefficient (Wildman–Crippen LogP) is 1.39. The smallest absolute Gasteiger partial charge is 0.226 e. The molecule has 2 N–H and O–H groups in total. The third-order valence-corrected chi connectivity index (χ3v) is 4.27. The fourth-order valence-electron chi connectivity index (χ4n) is 2.69. The minimum absolute atomic E-state index is 0.242. The van der Waals surface area contributed by atoms with Crippen molar-refractivity contribution in [3.8, 4) is 0 Å². The molecule has 0 aromatic heterocycles. The minimum atomic E-state index is 0.242. The molecular weight excluding hydrogens is 228 g/mol. The normalized spacial score (nSPS) is 27.3. The largest absolute Gasteiger partial charge is 0.378 e. The highest BCUT2D eigenvalue weighted by atomic mass is 16.5. The Morgan fingerprint density at radius 1 is 1.39 bits per heavy atom. The van der Waals surface area contributed by atoms with Crippen LogP contribution in [0.1, 0.15) is 39.5 Å². The molecule has 4 nitrogen and oxygen atoms in total. The lowest BCUT2D eigenvalue weighted by Gasteiger charge is -2.32. The molecule has 0 aromatic rings. The van der Waals surface area contributed by atoms with Gasteiger partial charge in [-0.15, -0.1) is 0 Å². The molecule has 0 bridgehead atoms. The van der Waals surface area contributed by atoms with Crippen molar-refractivity contribution in [3.05, 3.63) is 0 Å². The summed E-state index contributed by atoms with van der Waals surface area (Å²) >= 11 is 0. The van der Waals surface area contributed by atoms with E-state index < -0.39 is 0 Å². The summed E-state index contributed by atoms with van der Waals surface area (Å²) in [6, 6.07) is 0. The molecule has 1 saturated heterocycles. The Bertz CT molecular complexity index is 296. The topological polar surface area (TPSA) is 55.6 Å². The van der Waals surface area contributed by atoms with Crippen LogP contribution < -0.4 is 5.73 Å². The van der Waals surface area contributed by atoms with Crippen molar-refractivity contribution in [2.45, 2.75) is 45.6 Å². The van der Waals surface area contributed by atoms with Crippen molar-refractivity contribution in [1.82, 2.24) is 4.90 Å². The Morgan fingerprint density at radius 2 is 2.00 bits per heavy atom. The maximum Gasteiger partial charge on any atom is 0.226 e. The first-order valence-electron chi connectivity index (χ1n) is 7.15. The number of nitrogens with zero attached hydrogens (tertiary/aromatic N) is 1. The molecule has 1 saturated carbocycles. The number of amides is 1. The molecule has 0 spiro atoms. The fraction of sp³-hybridized carbons (Fsp3) is 0.929. The van der Waals surface area contributed by atoms with E-state index in [0.717, 1.165) is 45.4 Å². The van der Waals surface area contributed by atoms with Gasteiger partial charge in [0.1, 0.15) is 0 Å². The molecule has 1 aliphatic heterocycles. The minimum Gasteiger partial charge on any atom is -0.378 e. The average Bonchev–Trinajstić information content (AvgIpc) is 2.99. The van der Waals surface area contributed by atoms with Crippen LogP contribution in [0.25, 0.3) is 0 Å². The van der Waals surface area contributed by atoms with E-state index in [2.05, 4.69) is 13.8 Å². The van der Waals surface area contributed by atoms with Gasteiger partial charge in [0.25, 0.3) is 0 Å². The van der Waals surface area contributed by atoms with Gasteiger partial charge in [-0.2, -0.15) is 0 Å². The van der Waals surface area contributed by atoms with E-state index >= 15 is 0 Å². The van der Waals surface area contributed by atoms with Gasteiger partial charge >= 0.3 is 0 Å². The molecule has 18 heavy (non-hydrogen) atoms. The number of rotatable bonds is 5. The monoisotopic (exact) mass is 254 g/mol. The van der Waals surface area contributed by atoms with Gasteiger partial charge < -0.3 is 15.4 Å². The molecule has 4 heteroatoms. The molecule has 0 radical (unpaired) electrons. The van der Waals surface area contributed by atoms with Gasteiger partial charge in [-0.25, -0.2) is 0 Å². The van der Waals surface area contributed by atoms with Crippen LogP contribution in [-0.2, 0) is 9.53 Å². The molecule has 1 amide bonds. The zero-order chi connectivity index (χ0) is 13.2. The molecular formula is C14H26N2O2. The van der Waals surface area contributed by atoms with E-state index in [9.17, 15) is 4.79 Å². The van der Waals surface area contributed by atoms with Crippen LogP contribution in [0, 0.1) is 11.3 Å². The van der Waals surface area contributed by atoms with Crippen molar-refractivity contribution < 1.29 is 9.53 Å². The van der Waals surface area contributed by atoms with Crippen LogP contribution in [-0.4, -0.2) is 43.2 Å². The third kappa shape index (κ3) is 3.23. The SMILES string of the molecule is CC1(C)CC1C(=O)N1CCC(OCCCN)CC1. The first-order chi connectivity index (χ1) is 8.54. The summed E-state index contributed by atoms with van der Waals surface area (Å²) in [5, 5.41) is 0. The Morgan fingerprint density at radius 3 is 2.50 bits per heavy atom. The second kappa shape index (κ2) is 5.57. The standard InChI is InChI=1S/C14H26N2O2/c1-14(2)10-12(14)13(17)16-7-4-11(5-8-16)18-9-3-6-15/h11-12H,3-10,15H2,1-2H3. The molecule has 2 fully saturated rings. The summed E-state index contributed by atoms with van der Waals surface area (Å²) in [6.45, 7) is 7.52.